The summed E-state index contributed by atoms with van der Waals surface area (Å²) in [5, 5.41) is 11.9. The number of hydrogen-bond donors (Lipinski definition) is 2. The first-order valence-corrected chi connectivity index (χ1v) is 5.25. The van der Waals surface area contributed by atoms with E-state index in [2.05, 4.69) is 5.32 Å². The van der Waals surface area contributed by atoms with Gasteiger partial charge in [0.2, 0.25) is 0 Å². The van der Waals surface area contributed by atoms with Crippen molar-refractivity contribution in [3.05, 3.63) is 35.1 Å². The Morgan fingerprint density at radius 1 is 1.47 bits per heavy atom. The molecule has 3 heteroatoms. The molecule has 2 nitrogen and oxygen atoms in total. The van der Waals surface area contributed by atoms with Gasteiger partial charge < -0.3 is 10.4 Å². The van der Waals surface area contributed by atoms with Crippen molar-refractivity contribution >= 4 is 0 Å². The van der Waals surface area contributed by atoms with E-state index in [9.17, 15) is 4.39 Å². The van der Waals surface area contributed by atoms with Gasteiger partial charge in [-0.3, -0.25) is 0 Å². The molecule has 0 aliphatic heterocycles. The summed E-state index contributed by atoms with van der Waals surface area (Å²) in [5.74, 6) is -0.164. The lowest BCUT2D eigenvalue weighted by atomic mass is 10.1. The van der Waals surface area contributed by atoms with E-state index in [1.54, 1.807) is 19.1 Å². The molecule has 0 heterocycles. The van der Waals surface area contributed by atoms with Gasteiger partial charge in [-0.15, -0.1) is 0 Å². The lowest BCUT2D eigenvalue weighted by Crippen LogP contribution is -2.20. The van der Waals surface area contributed by atoms with Gasteiger partial charge in [0.15, 0.2) is 0 Å². The molecular weight excluding hydrogens is 193 g/mol. The van der Waals surface area contributed by atoms with Crippen molar-refractivity contribution in [2.45, 2.75) is 26.3 Å². The Labute approximate surface area is 90.1 Å². The molecule has 1 unspecified atom stereocenters. The maximum Gasteiger partial charge on any atom is 0.126 e. The van der Waals surface area contributed by atoms with E-state index in [0.29, 0.717) is 5.56 Å². The third-order valence-corrected chi connectivity index (χ3v) is 2.48. The average Bonchev–Trinajstić information content (AvgIpc) is 2.22. The van der Waals surface area contributed by atoms with E-state index in [1.165, 1.54) is 0 Å². The highest BCUT2D eigenvalue weighted by molar-refractivity contribution is 5.25. The highest BCUT2D eigenvalue weighted by Crippen LogP contribution is 2.15. The molecular formula is C12H18FNO. The fourth-order valence-electron chi connectivity index (χ4n) is 1.39. The van der Waals surface area contributed by atoms with Crippen LogP contribution in [0.25, 0.3) is 0 Å². The van der Waals surface area contributed by atoms with Crippen LogP contribution in [0.1, 0.15) is 30.5 Å². The molecule has 0 aliphatic rings. The second-order valence-corrected chi connectivity index (χ2v) is 3.76. The summed E-state index contributed by atoms with van der Waals surface area (Å²) >= 11 is 0. The van der Waals surface area contributed by atoms with Gasteiger partial charge in [-0.1, -0.05) is 12.1 Å². The number of nitrogens with one attached hydrogen (secondary N) is 1. The minimum atomic E-state index is -0.164. The largest absolute Gasteiger partial charge is 0.396 e. The Bertz CT molecular complexity index is 314. The molecule has 0 radical (unpaired) electrons. The number of aliphatic hydroxyl groups is 1. The summed E-state index contributed by atoms with van der Waals surface area (Å²) in [6.45, 7) is 4.67. The molecule has 2 N–H and O–H groups in total. The van der Waals surface area contributed by atoms with Gasteiger partial charge in [-0.25, -0.2) is 4.39 Å². The maximum atomic E-state index is 13.3. The second kappa shape index (κ2) is 5.83. The lowest BCUT2D eigenvalue weighted by molar-refractivity contribution is 0.284. The monoisotopic (exact) mass is 211 g/mol. The summed E-state index contributed by atoms with van der Waals surface area (Å²) in [4.78, 5) is 0. The maximum absolute atomic E-state index is 13.3. The Morgan fingerprint density at radius 2 is 2.20 bits per heavy atom. The first-order chi connectivity index (χ1) is 7.15. The first-order valence-electron chi connectivity index (χ1n) is 5.25. The fraction of sp³-hybridized carbons (Fsp3) is 0.500. The Hall–Kier alpha value is -0.930. The van der Waals surface area contributed by atoms with Crippen molar-refractivity contribution in [2.24, 2.45) is 0 Å². The molecule has 84 valence electrons. The molecule has 1 aromatic carbocycles. The molecule has 0 spiro atoms. The summed E-state index contributed by atoms with van der Waals surface area (Å²) in [5.41, 5.74) is 1.61. The van der Waals surface area contributed by atoms with E-state index in [0.717, 1.165) is 18.5 Å². The second-order valence-electron chi connectivity index (χ2n) is 3.76. The molecule has 0 saturated heterocycles. The molecule has 1 atom stereocenters. The van der Waals surface area contributed by atoms with Gasteiger partial charge in [0, 0.05) is 12.6 Å². The molecule has 0 aromatic heterocycles. The Balaban J connectivity index is 2.57. The number of hydrogen-bond acceptors (Lipinski definition) is 2. The number of halogens is 1. The van der Waals surface area contributed by atoms with Gasteiger partial charge in [0.05, 0.1) is 0 Å². The summed E-state index contributed by atoms with van der Waals surface area (Å²) in [7, 11) is 0. The van der Waals surface area contributed by atoms with E-state index in [-0.39, 0.29) is 18.5 Å². The van der Waals surface area contributed by atoms with Crippen molar-refractivity contribution in [1.82, 2.24) is 5.32 Å². The number of rotatable bonds is 5. The average molecular weight is 211 g/mol. The van der Waals surface area contributed by atoms with Gasteiger partial charge in [0.25, 0.3) is 0 Å². The highest BCUT2D eigenvalue weighted by Gasteiger charge is 2.06. The molecule has 0 aliphatic carbocycles. The number of aliphatic hydroxyl groups excluding tert-OH is 1. The van der Waals surface area contributed by atoms with E-state index in [1.807, 2.05) is 13.0 Å². The molecule has 0 saturated carbocycles. The van der Waals surface area contributed by atoms with Crippen LogP contribution in [0.2, 0.25) is 0 Å². The van der Waals surface area contributed by atoms with Gasteiger partial charge in [-0.2, -0.15) is 0 Å². The molecule has 0 amide bonds. The van der Waals surface area contributed by atoms with Crippen LogP contribution < -0.4 is 5.32 Å². The van der Waals surface area contributed by atoms with Crippen molar-refractivity contribution in [3.63, 3.8) is 0 Å². The minimum absolute atomic E-state index is 0.117. The predicted octanol–water partition coefficient (Wildman–Crippen LogP) is 2.17. The van der Waals surface area contributed by atoms with Crippen molar-refractivity contribution in [3.8, 4) is 0 Å². The minimum Gasteiger partial charge on any atom is -0.396 e. The van der Waals surface area contributed by atoms with Crippen LogP contribution in [0.15, 0.2) is 18.2 Å². The lowest BCUT2D eigenvalue weighted by Gasteiger charge is -2.14. The quantitative estimate of drug-likeness (QED) is 0.731. The predicted molar refractivity (Wildman–Crippen MR) is 59.3 cm³/mol. The third-order valence-electron chi connectivity index (χ3n) is 2.48. The van der Waals surface area contributed by atoms with Crippen LogP contribution in [0.5, 0.6) is 0 Å². The van der Waals surface area contributed by atoms with Crippen molar-refractivity contribution < 1.29 is 9.50 Å². The molecule has 15 heavy (non-hydrogen) atoms. The van der Waals surface area contributed by atoms with Crippen molar-refractivity contribution in [2.75, 3.05) is 13.2 Å². The number of aryl methyl sites for hydroxylation is 1. The topological polar surface area (TPSA) is 32.3 Å². The summed E-state index contributed by atoms with van der Waals surface area (Å²) in [6.07, 6.45) is 0.721. The molecule has 0 bridgehead atoms. The first kappa shape index (κ1) is 12.1. The van der Waals surface area contributed by atoms with Crippen LogP contribution in [-0.2, 0) is 0 Å². The molecule has 0 fully saturated rings. The fourth-order valence-corrected chi connectivity index (χ4v) is 1.39. The van der Waals surface area contributed by atoms with Crippen LogP contribution in [0.4, 0.5) is 4.39 Å². The van der Waals surface area contributed by atoms with Gasteiger partial charge >= 0.3 is 0 Å². The highest BCUT2D eigenvalue weighted by atomic mass is 19.1. The smallest absolute Gasteiger partial charge is 0.126 e. The van der Waals surface area contributed by atoms with E-state index < -0.39 is 0 Å². The molecule has 1 aromatic rings. The van der Waals surface area contributed by atoms with E-state index in [4.69, 9.17) is 5.11 Å². The van der Waals surface area contributed by atoms with Crippen LogP contribution >= 0.6 is 0 Å². The molecule has 1 rings (SSSR count). The summed E-state index contributed by atoms with van der Waals surface area (Å²) < 4.78 is 13.3. The van der Waals surface area contributed by atoms with E-state index >= 15 is 0 Å². The zero-order valence-electron chi connectivity index (χ0n) is 9.26. The standard InChI is InChI=1S/C12H18FNO/c1-9-4-5-11(8-12(9)13)10(2)14-6-3-7-15/h4-5,8,10,14-15H,3,6-7H2,1-2H3. The zero-order chi connectivity index (χ0) is 11.3. The van der Waals surface area contributed by atoms with Crippen molar-refractivity contribution in [1.29, 1.82) is 0 Å². The van der Waals surface area contributed by atoms with Gasteiger partial charge in [-0.05, 0) is 44.0 Å². The Kier molecular flexibility index (Phi) is 4.72. The summed E-state index contributed by atoms with van der Waals surface area (Å²) in [6, 6.07) is 5.39. The van der Waals surface area contributed by atoms with Gasteiger partial charge in [0.1, 0.15) is 5.82 Å². The van der Waals surface area contributed by atoms with Crippen LogP contribution in [0.3, 0.4) is 0 Å². The third kappa shape index (κ3) is 3.61. The SMILES string of the molecule is Cc1ccc(C(C)NCCCO)cc1F. The van der Waals surface area contributed by atoms with Crippen LogP contribution in [-0.4, -0.2) is 18.3 Å². The Morgan fingerprint density at radius 3 is 2.80 bits per heavy atom. The zero-order valence-corrected chi connectivity index (χ0v) is 9.26. The normalized spacial score (nSPS) is 12.8. The van der Waals surface area contributed by atoms with Crippen LogP contribution in [0, 0.1) is 12.7 Å². The number of benzene rings is 1.